The highest BCUT2D eigenvalue weighted by Crippen LogP contribution is 2.22. The molecular weight excluding hydrogens is 192 g/mol. The summed E-state index contributed by atoms with van der Waals surface area (Å²) < 4.78 is 0. The molecule has 66 valence electrons. The molecule has 0 amide bonds. The van der Waals surface area contributed by atoms with Crippen LogP contribution in [0.15, 0.2) is 17.4 Å². The lowest BCUT2D eigenvalue weighted by molar-refractivity contribution is 0.563. The average Bonchev–Trinajstić information content (AvgIpc) is 2.03. The van der Waals surface area contributed by atoms with Crippen LogP contribution in [0.2, 0.25) is 0 Å². The second-order valence-corrected chi connectivity index (χ2v) is 4.60. The molecule has 0 N–H and O–H groups in total. The maximum Gasteiger partial charge on any atom is 0.130 e. The molecular formula is C8H11ClN2S. The van der Waals surface area contributed by atoms with Crippen LogP contribution >= 0.6 is 21.7 Å². The van der Waals surface area contributed by atoms with E-state index in [9.17, 15) is 0 Å². The van der Waals surface area contributed by atoms with Crippen LogP contribution in [0.1, 0.15) is 26.5 Å². The molecule has 0 unspecified atom stereocenters. The number of hydrogen-bond acceptors (Lipinski definition) is 3. The molecule has 0 radical (unpaired) electrons. The number of halogens is 1. The van der Waals surface area contributed by atoms with Gasteiger partial charge in [0.25, 0.3) is 0 Å². The topological polar surface area (TPSA) is 25.8 Å². The van der Waals surface area contributed by atoms with Crippen molar-refractivity contribution in [1.29, 1.82) is 0 Å². The third-order valence-electron chi connectivity index (χ3n) is 1.48. The van der Waals surface area contributed by atoms with E-state index in [4.69, 9.17) is 10.7 Å². The lowest BCUT2D eigenvalue weighted by Crippen LogP contribution is -2.13. The molecule has 1 heterocycles. The van der Waals surface area contributed by atoms with Crippen molar-refractivity contribution in [3.05, 3.63) is 18.1 Å². The third kappa shape index (κ3) is 2.35. The van der Waals surface area contributed by atoms with Gasteiger partial charge in [-0.2, -0.15) is 0 Å². The van der Waals surface area contributed by atoms with Crippen molar-refractivity contribution in [2.24, 2.45) is 0 Å². The largest absolute Gasteiger partial charge is 0.256 e. The minimum Gasteiger partial charge on any atom is -0.256 e. The Labute approximate surface area is 81.3 Å². The van der Waals surface area contributed by atoms with Gasteiger partial charge in [0.2, 0.25) is 0 Å². The molecule has 0 fully saturated rings. The zero-order valence-electron chi connectivity index (χ0n) is 7.34. The van der Waals surface area contributed by atoms with Crippen molar-refractivity contribution < 1.29 is 0 Å². The summed E-state index contributed by atoms with van der Waals surface area (Å²) in [6.07, 6.45) is 3.46. The Morgan fingerprint density at radius 2 is 1.92 bits per heavy atom. The molecule has 0 atom stereocenters. The molecule has 0 saturated carbocycles. The number of hydrogen-bond donors (Lipinski definition) is 0. The molecule has 2 nitrogen and oxygen atoms in total. The second kappa shape index (κ2) is 3.62. The van der Waals surface area contributed by atoms with E-state index in [0.717, 1.165) is 21.7 Å². The molecule has 12 heavy (non-hydrogen) atoms. The van der Waals surface area contributed by atoms with Gasteiger partial charge in [-0.25, -0.2) is 4.98 Å². The van der Waals surface area contributed by atoms with Gasteiger partial charge in [-0.3, -0.25) is 4.98 Å². The van der Waals surface area contributed by atoms with E-state index >= 15 is 0 Å². The Balaban J connectivity index is 2.93. The first kappa shape index (κ1) is 9.81. The molecule has 0 saturated heterocycles. The number of rotatable bonds is 1. The van der Waals surface area contributed by atoms with Gasteiger partial charge >= 0.3 is 0 Å². The van der Waals surface area contributed by atoms with Crippen molar-refractivity contribution in [3.8, 4) is 0 Å². The first-order valence-corrected chi connectivity index (χ1v) is 5.29. The minimum absolute atomic E-state index is 0.0580. The zero-order valence-corrected chi connectivity index (χ0v) is 8.91. The normalized spacial score (nSPS) is 11.7. The summed E-state index contributed by atoms with van der Waals surface area (Å²) in [5.74, 6) is 0. The van der Waals surface area contributed by atoms with E-state index in [2.05, 4.69) is 30.7 Å². The Kier molecular flexibility index (Phi) is 2.96. The van der Waals surface area contributed by atoms with Gasteiger partial charge < -0.3 is 0 Å². The molecule has 1 aromatic rings. The standard InChI is InChI=1S/C8H11ClN2S/c1-8(2,3)6-4-11-7(12-9)5-10-6/h4-5H,1-3H3. The number of aromatic nitrogens is 2. The van der Waals surface area contributed by atoms with E-state index in [1.54, 1.807) is 12.4 Å². The lowest BCUT2D eigenvalue weighted by Gasteiger charge is -2.16. The van der Waals surface area contributed by atoms with Crippen molar-refractivity contribution in [3.63, 3.8) is 0 Å². The quantitative estimate of drug-likeness (QED) is 0.700. The van der Waals surface area contributed by atoms with Crippen molar-refractivity contribution in [2.45, 2.75) is 31.2 Å². The highest BCUT2D eigenvalue weighted by molar-refractivity contribution is 8.21. The van der Waals surface area contributed by atoms with Gasteiger partial charge in [0.1, 0.15) is 5.03 Å². The first-order valence-electron chi connectivity index (χ1n) is 3.65. The fourth-order valence-electron chi connectivity index (χ4n) is 0.743. The Bertz CT molecular complexity index is 253. The maximum absolute atomic E-state index is 5.51. The van der Waals surface area contributed by atoms with Gasteiger partial charge in [-0.1, -0.05) is 20.8 Å². The Morgan fingerprint density at radius 1 is 1.25 bits per heavy atom. The van der Waals surface area contributed by atoms with Crippen molar-refractivity contribution in [2.75, 3.05) is 0 Å². The van der Waals surface area contributed by atoms with Crippen LogP contribution in [0.3, 0.4) is 0 Å². The van der Waals surface area contributed by atoms with Gasteiger partial charge in [-0.05, 0) is 10.7 Å². The SMILES string of the molecule is CC(C)(C)c1cnc(SCl)cn1. The van der Waals surface area contributed by atoms with Crippen LogP contribution in [-0.4, -0.2) is 9.97 Å². The second-order valence-electron chi connectivity index (χ2n) is 3.57. The van der Waals surface area contributed by atoms with Crippen LogP contribution in [0.5, 0.6) is 0 Å². The van der Waals surface area contributed by atoms with Gasteiger partial charge in [0, 0.05) is 16.4 Å². The molecule has 1 rings (SSSR count). The maximum atomic E-state index is 5.51. The van der Waals surface area contributed by atoms with E-state index in [1.165, 1.54) is 0 Å². The zero-order chi connectivity index (χ0) is 9.19. The summed E-state index contributed by atoms with van der Waals surface area (Å²) in [6, 6.07) is 0. The summed E-state index contributed by atoms with van der Waals surface area (Å²) in [4.78, 5) is 8.39. The summed E-state index contributed by atoms with van der Waals surface area (Å²) in [5, 5.41) is 0.740. The van der Waals surface area contributed by atoms with E-state index in [1.807, 2.05) is 0 Å². The number of nitrogens with zero attached hydrogens (tertiary/aromatic N) is 2. The molecule has 0 aromatic carbocycles. The predicted molar refractivity (Wildman–Crippen MR) is 52.4 cm³/mol. The average molecular weight is 203 g/mol. The van der Waals surface area contributed by atoms with Gasteiger partial charge in [0.15, 0.2) is 0 Å². The first-order chi connectivity index (χ1) is 5.54. The molecule has 0 aliphatic carbocycles. The Morgan fingerprint density at radius 3 is 2.25 bits per heavy atom. The van der Waals surface area contributed by atoms with E-state index in [0.29, 0.717) is 0 Å². The van der Waals surface area contributed by atoms with Crippen LogP contribution in [-0.2, 0) is 5.41 Å². The molecule has 0 aliphatic heterocycles. The fourth-order valence-corrected chi connectivity index (χ4v) is 1.17. The smallest absolute Gasteiger partial charge is 0.130 e. The predicted octanol–water partition coefficient (Wildman–Crippen LogP) is 3.02. The molecule has 0 aliphatic rings. The third-order valence-corrected chi connectivity index (χ3v) is 2.32. The fraction of sp³-hybridized carbons (Fsp3) is 0.500. The molecule has 4 heteroatoms. The monoisotopic (exact) mass is 202 g/mol. The van der Waals surface area contributed by atoms with Crippen LogP contribution < -0.4 is 0 Å². The summed E-state index contributed by atoms with van der Waals surface area (Å²) in [6.45, 7) is 6.31. The molecule has 1 aromatic heterocycles. The highest BCUT2D eigenvalue weighted by Gasteiger charge is 2.15. The van der Waals surface area contributed by atoms with Crippen LogP contribution in [0, 0.1) is 0 Å². The summed E-state index contributed by atoms with van der Waals surface area (Å²) in [7, 11) is 6.59. The van der Waals surface area contributed by atoms with Crippen molar-refractivity contribution in [1.82, 2.24) is 9.97 Å². The van der Waals surface area contributed by atoms with Gasteiger partial charge in [-0.15, -0.1) is 0 Å². The van der Waals surface area contributed by atoms with Crippen LogP contribution in [0.25, 0.3) is 0 Å². The van der Waals surface area contributed by atoms with Gasteiger partial charge in [0.05, 0.1) is 18.1 Å². The van der Waals surface area contributed by atoms with Crippen molar-refractivity contribution >= 4 is 21.7 Å². The van der Waals surface area contributed by atoms with E-state index < -0.39 is 0 Å². The van der Waals surface area contributed by atoms with E-state index in [-0.39, 0.29) is 5.41 Å². The summed E-state index contributed by atoms with van der Waals surface area (Å²) >= 11 is 0. The summed E-state index contributed by atoms with van der Waals surface area (Å²) in [5.41, 5.74) is 1.04. The lowest BCUT2D eigenvalue weighted by atomic mass is 9.93. The van der Waals surface area contributed by atoms with Crippen LogP contribution in [0.4, 0.5) is 0 Å². The minimum atomic E-state index is 0.0580. The molecule has 0 bridgehead atoms. The highest BCUT2D eigenvalue weighted by atomic mass is 35.7. The molecule has 0 spiro atoms. The Hall–Kier alpha value is -0.280.